The molecule has 1 aromatic carbocycles. The molecule has 86 valence electrons. The highest BCUT2D eigenvalue weighted by Gasteiger charge is 2.12. The fourth-order valence-electron chi connectivity index (χ4n) is 1.49. The Bertz CT molecular complexity index is 410. The monoisotopic (exact) mass is 222 g/mol. The molecule has 0 amide bonds. The minimum absolute atomic E-state index is 0.0976. The SMILES string of the molecule is COC(=O)Cc1c(C)cc(OC)cc1C=O. The molecule has 0 bridgehead atoms. The summed E-state index contributed by atoms with van der Waals surface area (Å²) in [5.74, 6) is 0.240. The number of methoxy groups -OCH3 is 2. The molecule has 0 atom stereocenters. The Labute approximate surface area is 94.2 Å². The second-order valence-electron chi connectivity index (χ2n) is 3.38. The Morgan fingerprint density at radius 2 is 2.06 bits per heavy atom. The fraction of sp³-hybridized carbons (Fsp3) is 0.333. The number of carbonyl (C=O) groups excluding carboxylic acids is 2. The van der Waals surface area contributed by atoms with Crippen LogP contribution in [0.15, 0.2) is 12.1 Å². The molecular weight excluding hydrogens is 208 g/mol. The van der Waals surface area contributed by atoms with Crippen molar-refractivity contribution < 1.29 is 19.1 Å². The van der Waals surface area contributed by atoms with Gasteiger partial charge in [0.1, 0.15) is 12.0 Å². The van der Waals surface area contributed by atoms with Gasteiger partial charge in [-0.3, -0.25) is 9.59 Å². The summed E-state index contributed by atoms with van der Waals surface area (Å²) < 4.78 is 9.63. The number of hydrogen-bond acceptors (Lipinski definition) is 4. The van der Waals surface area contributed by atoms with Crippen molar-refractivity contribution in [1.82, 2.24) is 0 Å². The number of rotatable bonds is 4. The average Bonchev–Trinajstić information content (AvgIpc) is 2.30. The maximum Gasteiger partial charge on any atom is 0.310 e. The van der Waals surface area contributed by atoms with Gasteiger partial charge < -0.3 is 9.47 Å². The third-order valence-corrected chi connectivity index (χ3v) is 2.39. The topological polar surface area (TPSA) is 52.6 Å². The Balaban J connectivity index is 3.16. The Hall–Kier alpha value is -1.84. The van der Waals surface area contributed by atoms with Crippen molar-refractivity contribution in [1.29, 1.82) is 0 Å². The molecule has 0 aliphatic heterocycles. The highest BCUT2D eigenvalue weighted by molar-refractivity contribution is 5.83. The van der Waals surface area contributed by atoms with Crippen molar-refractivity contribution in [3.63, 3.8) is 0 Å². The summed E-state index contributed by atoms with van der Waals surface area (Å²) in [6.45, 7) is 1.83. The number of hydrogen-bond donors (Lipinski definition) is 0. The van der Waals surface area contributed by atoms with Crippen LogP contribution < -0.4 is 4.74 Å². The van der Waals surface area contributed by atoms with E-state index < -0.39 is 0 Å². The lowest BCUT2D eigenvalue weighted by Crippen LogP contribution is -2.08. The van der Waals surface area contributed by atoms with Crippen LogP contribution >= 0.6 is 0 Å². The molecule has 0 N–H and O–H groups in total. The van der Waals surface area contributed by atoms with Gasteiger partial charge in [-0.05, 0) is 30.2 Å². The van der Waals surface area contributed by atoms with Gasteiger partial charge in [-0.1, -0.05) is 0 Å². The van der Waals surface area contributed by atoms with Crippen molar-refractivity contribution >= 4 is 12.3 Å². The molecule has 0 aromatic heterocycles. The molecule has 0 saturated heterocycles. The summed E-state index contributed by atoms with van der Waals surface area (Å²) in [7, 11) is 2.85. The number of benzene rings is 1. The molecule has 4 nitrogen and oxygen atoms in total. The van der Waals surface area contributed by atoms with Crippen LogP contribution in [-0.2, 0) is 16.0 Å². The van der Waals surface area contributed by atoms with Crippen LogP contribution in [-0.4, -0.2) is 26.5 Å². The summed E-state index contributed by atoms with van der Waals surface area (Å²) >= 11 is 0. The van der Waals surface area contributed by atoms with Crippen LogP contribution in [0.2, 0.25) is 0 Å². The van der Waals surface area contributed by atoms with Gasteiger partial charge in [0.25, 0.3) is 0 Å². The summed E-state index contributed by atoms with van der Waals surface area (Å²) in [6, 6.07) is 3.39. The molecule has 4 heteroatoms. The van der Waals surface area contributed by atoms with Crippen molar-refractivity contribution in [2.24, 2.45) is 0 Å². The largest absolute Gasteiger partial charge is 0.497 e. The Kier molecular flexibility index (Phi) is 4.05. The van der Waals surface area contributed by atoms with Crippen molar-refractivity contribution in [2.75, 3.05) is 14.2 Å². The van der Waals surface area contributed by atoms with E-state index in [2.05, 4.69) is 4.74 Å². The summed E-state index contributed by atoms with van der Waals surface area (Å²) in [6.07, 6.45) is 0.814. The van der Waals surface area contributed by atoms with Crippen LogP contribution in [0.1, 0.15) is 21.5 Å². The Morgan fingerprint density at radius 1 is 1.38 bits per heavy atom. The lowest BCUT2D eigenvalue weighted by Gasteiger charge is -2.10. The molecule has 0 aliphatic carbocycles. The number of carbonyl (C=O) groups is 2. The third kappa shape index (κ3) is 2.59. The molecule has 0 radical (unpaired) electrons. The average molecular weight is 222 g/mol. The lowest BCUT2D eigenvalue weighted by molar-refractivity contribution is -0.139. The smallest absolute Gasteiger partial charge is 0.310 e. The zero-order valence-electron chi connectivity index (χ0n) is 9.57. The Morgan fingerprint density at radius 3 is 2.56 bits per heavy atom. The first kappa shape index (κ1) is 12.2. The van der Waals surface area contributed by atoms with Gasteiger partial charge in [0.2, 0.25) is 0 Å². The van der Waals surface area contributed by atoms with Gasteiger partial charge in [0.15, 0.2) is 0 Å². The first-order valence-corrected chi connectivity index (χ1v) is 4.82. The standard InChI is InChI=1S/C12H14O4/c1-8-4-10(15-2)5-9(7-13)11(8)6-12(14)16-3/h4-5,7H,6H2,1-3H3. The fourth-order valence-corrected chi connectivity index (χ4v) is 1.49. The molecule has 0 fully saturated rings. The predicted octanol–water partition coefficient (Wildman–Crippen LogP) is 1.53. The number of aldehydes is 1. The van der Waals surface area contributed by atoms with E-state index in [4.69, 9.17) is 4.74 Å². The molecule has 0 heterocycles. The van der Waals surface area contributed by atoms with Gasteiger partial charge in [0, 0.05) is 5.56 Å². The summed E-state index contributed by atoms with van der Waals surface area (Å²) in [5.41, 5.74) is 1.98. The van der Waals surface area contributed by atoms with Gasteiger partial charge in [0.05, 0.1) is 20.6 Å². The van der Waals surface area contributed by atoms with Crippen LogP contribution in [0.25, 0.3) is 0 Å². The second-order valence-corrected chi connectivity index (χ2v) is 3.38. The maximum atomic E-state index is 11.2. The first-order valence-electron chi connectivity index (χ1n) is 4.82. The molecule has 0 saturated carbocycles. The molecule has 16 heavy (non-hydrogen) atoms. The lowest BCUT2D eigenvalue weighted by atomic mass is 9.99. The summed E-state index contributed by atoms with van der Waals surface area (Å²) in [4.78, 5) is 22.1. The van der Waals surface area contributed by atoms with Gasteiger partial charge in [-0.25, -0.2) is 0 Å². The normalized spacial score (nSPS) is 9.69. The minimum Gasteiger partial charge on any atom is -0.497 e. The van der Waals surface area contributed by atoms with Crippen LogP contribution in [0, 0.1) is 6.92 Å². The van der Waals surface area contributed by atoms with E-state index in [1.165, 1.54) is 14.2 Å². The van der Waals surface area contributed by atoms with Crippen LogP contribution in [0.5, 0.6) is 5.75 Å². The number of esters is 1. The molecule has 1 aromatic rings. The van der Waals surface area contributed by atoms with Gasteiger partial charge >= 0.3 is 5.97 Å². The van der Waals surface area contributed by atoms with E-state index in [0.29, 0.717) is 23.2 Å². The molecule has 0 spiro atoms. The van der Waals surface area contributed by atoms with E-state index >= 15 is 0 Å². The minimum atomic E-state index is -0.364. The maximum absolute atomic E-state index is 11.2. The molecular formula is C12H14O4. The molecule has 1 rings (SSSR count). The van der Waals surface area contributed by atoms with E-state index in [0.717, 1.165) is 5.56 Å². The zero-order valence-corrected chi connectivity index (χ0v) is 9.57. The van der Waals surface area contributed by atoms with Crippen molar-refractivity contribution in [2.45, 2.75) is 13.3 Å². The van der Waals surface area contributed by atoms with Crippen molar-refractivity contribution in [3.05, 3.63) is 28.8 Å². The first-order chi connectivity index (χ1) is 7.62. The van der Waals surface area contributed by atoms with Gasteiger partial charge in [-0.2, -0.15) is 0 Å². The van der Waals surface area contributed by atoms with Crippen LogP contribution in [0.4, 0.5) is 0 Å². The quantitative estimate of drug-likeness (QED) is 0.572. The summed E-state index contributed by atoms with van der Waals surface area (Å²) in [5, 5.41) is 0. The number of ether oxygens (including phenoxy) is 2. The highest BCUT2D eigenvalue weighted by Crippen LogP contribution is 2.21. The highest BCUT2D eigenvalue weighted by atomic mass is 16.5. The van der Waals surface area contributed by atoms with E-state index in [1.54, 1.807) is 12.1 Å². The molecule has 0 aliphatic rings. The molecule has 0 unspecified atom stereocenters. The van der Waals surface area contributed by atoms with E-state index in [9.17, 15) is 9.59 Å². The third-order valence-electron chi connectivity index (χ3n) is 2.39. The zero-order chi connectivity index (χ0) is 12.1. The van der Waals surface area contributed by atoms with Crippen molar-refractivity contribution in [3.8, 4) is 5.75 Å². The predicted molar refractivity (Wildman–Crippen MR) is 58.8 cm³/mol. The van der Waals surface area contributed by atoms with E-state index in [-0.39, 0.29) is 12.4 Å². The van der Waals surface area contributed by atoms with Crippen LogP contribution in [0.3, 0.4) is 0 Å². The van der Waals surface area contributed by atoms with Gasteiger partial charge in [-0.15, -0.1) is 0 Å². The van der Waals surface area contributed by atoms with E-state index in [1.807, 2.05) is 6.92 Å². The second kappa shape index (κ2) is 5.30. The number of aryl methyl sites for hydroxylation is 1.